The maximum absolute atomic E-state index is 14.4. The average Bonchev–Trinajstić information content (AvgIpc) is 2.53. The van der Waals surface area contributed by atoms with Crippen LogP contribution in [0.15, 0.2) is 59.5 Å². The number of benzene rings is 3. The first-order chi connectivity index (χ1) is 12.2. The molecule has 0 aliphatic heterocycles. The van der Waals surface area contributed by atoms with E-state index in [4.69, 9.17) is 0 Å². The van der Waals surface area contributed by atoms with E-state index in [2.05, 4.69) is 12.6 Å². The predicted molar refractivity (Wildman–Crippen MR) is 89.4 cm³/mol. The van der Waals surface area contributed by atoms with Crippen LogP contribution in [0.2, 0.25) is 0 Å². The maximum Gasteiger partial charge on any atom is 0.422 e. The zero-order valence-electron chi connectivity index (χ0n) is 12.9. The summed E-state index contributed by atoms with van der Waals surface area (Å²) in [5.41, 5.74) is -1.32. The number of thiol groups is 1. The van der Waals surface area contributed by atoms with Crippen LogP contribution in [0.3, 0.4) is 0 Å². The second kappa shape index (κ2) is 6.72. The monoisotopic (exact) mass is 384 g/mol. The van der Waals surface area contributed by atoms with Crippen molar-refractivity contribution in [1.82, 2.24) is 0 Å². The Balaban J connectivity index is 2.04. The van der Waals surface area contributed by atoms with Crippen LogP contribution in [0.25, 0.3) is 22.3 Å². The van der Waals surface area contributed by atoms with Crippen molar-refractivity contribution in [2.75, 3.05) is 0 Å². The second-order valence-electron chi connectivity index (χ2n) is 5.55. The average molecular weight is 384 g/mol. The molecule has 0 amide bonds. The Bertz CT molecular complexity index is 938. The highest BCUT2D eigenvalue weighted by molar-refractivity contribution is 7.80. The Labute approximate surface area is 150 Å². The molecule has 0 radical (unpaired) electrons. The highest BCUT2D eigenvalue weighted by atomic mass is 32.1. The summed E-state index contributed by atoms with van der Waals surface area (Å²) in [6.45, 7) is 0. The Morgan fingerprint density at radius 3 is 1.62 bits per heavy atom. The van der Waals surface area contributed by atoms with Crippen molar-refractivity contribution in [3.8, 4) is 22.3 Å². The van der Waals surface area contributed by atoms with Gasteiger partial charge in [0.2, 0.25) is 0 Å². The molecule has 3 aromatic carbocycles. The number of hydrogen-bond donors (Lipinski definition) is 1. The van der Waals surface area contributed by atoms with Gasteiger partial charge in [-0.15, -0.1) is 12.6 Å². The van der Waals surface area contributed by atoms with Crippen molar-refractivity contribution in [3.05, 3.63) is 77.6 Å². The lowest BCUT2D eigenvalue weighted by Gasteiger charge is -2.12. The smallest absolute Gasteiger partial charge is 0.206 e. The Morgan fingerprint density at radius 2 is 1.12 bits per heavy atom. The van der Waals surface area contributed by atoms with E-state index < -0.39 is 29.2 Å². The molecular formula is C19H10F6S. The number of halogens is 6. The molecule has 134 valence electrons. The van der Waals surface area contributed by atoms with Crippen molar-refractivity contribution in [2.24, 2.45) is 0 Å². The maximum atomic E-state index is 14.4. The van der Waals surface area contributed by atoms with Crippen LogP contribution in [0.4, 0.5) is 26.3 Å². The number of rotatable bonds is 2. The van der Waals surface area contributed by atoms with Crippen LogP contribution in [-0.4, -0.2) is 0 Å². The molecule has 0 bridgehead atoms. The Hall–Kier alpha value is -2.41. The molecule has 7 heteroatoms. The van der Waals surface area contributed by atoms with Crippen LogP contribution in [-0.2, 0) is 6.18 Å². The predicted octanol–water partition coefficient (Wildman–Crippen LogP) is 6.75. The van der Waals surface area contributed by atoms with Gasteiger partial charge in [-0.1, -0.05) is 24.3 Å². The highest BCUT2D eigenvalue weighted by Crippen LogP contribution is 2.37. The lowest BCUT2D eigenvalue weighted by molar-refractivity contribution is -0.142. The van der Waals surface area contributed by atoms with Gasteiger partial charge in [-0.25, -0.2) is 13.2 Å². The largest absolute Gasteiger partial charge is 0.422 e. The third kappa shape index (κ3) is 3.58. The van der Waals surface area contributed by atoms with Gasteiger partial charge in [-0.3, -0.25) is 0 Å². The van der Waals surface area contributed by atoms with E-state index in [0.29, 0.717) is 23.3 Å². The van der Waals surface area contributed by atoms with Gasteiger partial charge in [-0.05, 0) is 47.0 Å². The van der Waals surface area contributed by atoms with Crippen molar-refractivity contribution >= 4 is 12.6 Å². The van der Waals surface area contributed by atoms with Gasteiger partial charge < -0.3 is 0 Å². The van der Waals surface area contributed by atoms with E-state index in [-0.39, 0.29) is 11.1 Å². The van der Waals surface area contributed by atoms with Gasteiger partial charge in [-0.2, -0.15) is 13.2 Å². The van der Waals surface area contributed by atoms with Gasteiger partial charge >= 0.3 is 6.18 Å². The summed E-state index contributed by atoms with van der Waals surface area (Å²) in [7, 11) is 0. The van der Waals surface area contributed by atoms with E-state index in [1.807, 2.05) is 0 Å². The molecule has 26 heavy (non-hydrogen) atoms. The van der Waals surface area contributed by atoms with Gasteiger partial charge in [0, 0.05) is 10.5 Å². The molecule has 0 aromatic heterocycles. The minimum Gasteiger partial charge on any atom is -0.206 e. The Kier molecular flexibility index (Phi) is 4.75. The third-order valence-corrected chi connectivity index (χ3v) is 4.10. The van der Waals surface area contributed by atoms with Gasteiger partial charge in [0.15, 0.2) is 0 Å². The van der Waals surface area contributed by atoms with E-state index in [0.717, 1.165) is 11.0 Å². The summed E-state index contributed by atoms with van der Waals surface area (Å²) in [4.78, 5) is 0.724. The van der Waals surface area contributed by atoms with Crippen LogP contribution >= 0.6 is 12.6 Å². The molecule has 0 N–H and O–H groups in total. The molecule has 0 atom stereocenters. The van der Waals surface area contributed by atoms with Crippen LogP contribution in [0.1, 0.15) is 5.56 Å². The summed E-state index contributed by atoms with van der Waals surface area (Å²) >= 11 is 4.15. The fourth-order valence-electron chi connectivity index (χ4n) is 2.58. The molecule has 0 saturated carbocycles. The van der Waals surface area contributed by atoms with Gasteiger partial charge in [0.1, 0.15) is 23.0 Å². The first-order valence-electron chi connectivity index (χ1n) is 7.32. The van der Waals surface area contributed by atoms with E-state index in [9.17, 15) is 26.3 Å². The molecule has 0 fully saturated rings. The molecule has 0 saturated heterocycles. The first-order valence-corrected chi connectivity index (χ1v) is 7.77. The molecule has 3 aromatic rings. The number of hydrogen-bond acceptors (Lipinski definition) is 1. The highest BCUT2D eigenvalue weighted by Gasteiger charge is 2.38. The SMILES string of the molecule is Fc1cc(-c2ccc(S)cc2)ccc1-c1cc(F)c(C(F)(F)F)c(F)c1. The second-order valence-corrected chi connectivity index (χ2v) is 6.07. The lowest BCUT2D eigenvalue weighted by atomic mass is 9.98. The van der Waals surface area contributed by atoms with Crippen molar-refractivity contribution in [3.63, 3.8) is 0 Å². The summed E-state index contributed by atoms with van der Waals surface area (Å²) in [6, 6.07) is 11.7. The first kappa shape index (κ1) is 18.4. The summed E-state index contributed by atoms with van der Waals surface area (Å²) in [5.74, 6) is -4.39. The summed E-state index contributed by atoms with van der Waals surface area (Å²) in [5, 5.41) is 0. The van der Waals surface area contributed by atoms with Gasteiger partial charge in [0.25, 0.3) is 0 Å². The molecule has 0 unspecified atom stereocenters. The molecule has 3 rings (SSSR count). The minimum absolute atomic E-state index is 0.203. The van der Waals surface area contributed by atoms with Gasteiger partial charge in [0.05, 0.1) is 0 Å². The topological polar surface area (TPSA) is 0 Å². The molecule has 0 spiro atoms. The standard InChI is InChI=1S/C19H10F6S/c20-15-7-11(10-1-4-13(26)5-2-10)3-6-14(15)12-8-16(21)18(17(22)9-12)19(23,24)25/h1-9,26H. The van der Waals surface area contributed by atoms with E-state index in [1.54, 1.807) is 24.3 Å². The Morgan fingerprint density at radius 1 is 0.615 bits per heavy atom. The fraction of sp³-hybridized carbons (Fsp3) is 0.0526. The third-order valence-electron chi connectivity index (χ3n) is 3.81. The summed E-state index contributed by atoms with van der Waals surface area (Å²) < 4.78 is 79.7. The van der Waals surface area contributed by atoms with E-state index in [1.165, 1.54) is 12.1 Å². The molecular weight excluding hydrogens is 374 g/mol. The fourth-order valence-corrected chi connectivity index (χ4v) is 2.73. The van der Waals surface area contributed by atoms with Crippen molar-refractivity contribution in [2.45, 2.75) is 11.1 Å². The quantitative estimate of drug-likeness (QED) is 0.367. The van der Waals surface area contributed by atoms with Crippen molar-refractivity contribution < 1.29 is 26.3 Å². The molecule has 0 heterocycles. The van der Waals surface area contributed by atoms with E-state index >= 15 is 0 Å². The molecule has 0 nitrogen and oxygen atoms in total. The molecule has 0 aliphatic carbocycles. The van der Waals surface area contributed by atoms with Crippen molar-refractivity contribution in [1.29, 1.82) is 0 Å². The van der Waals surface area contributed by atoms with Crippen LogP contribution in [0.5, 0.6) is 0 Å². The van der Waals surface area contributed by atoms with Crippen LogP contribution < -0.4 is 0 Å². The lowest BCUT2D eigenvalue weighted by Crippen LogP contribution is -2.11. The number of alkyl halides is 3. The van der Waals surface area contributed by atoms with Crippen LogP contribution in [0, 0.1) is 17.5 Å². The normalized spacial score (nSPS) is 11.7. The zero-order valence-corrected chi connectivity index (χ0v) is 13.8. The minimum atomic E-state index is -5.17. The zero-order chi connectivity index (χ0) is 19.1. The molecule has 0 aliphatic rings. The summed E-state index contributed by atoms with van der Waals surface area (Å²) in [6.07, 6.45) is -5.17.